The number of hydrogen-bond acceptors (Lipinski definition) is 0. The van der Waals surface area contributed by atoms with Gasteiger partial charge in [-0.1, -0.05) is 92.9 Å². The summed E-state index contributed by atoms with van der Waals surface area (Å²) in [4.78, 5) is 0. The van der Waals surface area contributed by atoms with Crippen molar-refractivity contribution in [3.05, 3.63) is 101 Å². The van der Waals surface area contributed by atoms with Crippen LogP contribution in [0.4, 0.5) is 13.2 Å². The molecule has 216 valence electrons. The third kappa shape index (κ3) is 6.88. The van der Waals surface area contributed by atoms with E-state index >= 15 is 4.39 Å². The summed E-state index contributed by atoms with van der Waals surface area (Å²) in [5, 5.41) is 0. The molecule has 0 aliphatic heterocycles. The first-order chi connectivity index (χ1) is 20.0. The van der Waals surface area contributed by atoms with Gasteiger partial charge >= 0.3 is 0 Å². The van der Waals surface area contributed by atoms with Gasteiger partial charge in [-0.2, -0.15) is 0 Å². The van der Waals surface area contributed by atoms with Gasteiger partial charge in [0.1, 0.15) is 5.82 Å². The van der Waals surface area contributed by atoms with E-state index in [0.717, 1.165) is 60.1 Å². The van der Waals surface area contributed by atoms with Crippen LogP contribution in [0.5, 0.6) is 0 Å². The molecule has 5 rings (SSSR count). The molecule has 2 aliphatic rings. The van der Waals surface area contributed by atoms with Gasteiger partial charge < -0.3 is 0 Å². The molecule has 0 heterocycles. The van der Waals surface area contributed by atoms with Crippen molar-refractivity contribution in [2.24, 2.45) is 17.8 Å². The van der Waals surface area contributed by atoms with E-state index in [0.29, 0.717) is 23.1 Å². The summed E-state index contributed by atoms with van der Waals surface area (Å²) in [5.74, 6) is 0.671. The Labute approximate surface area is 244 Å². The molecule has 1 fully saturated rings. The summed E-state index contributed by atoms with van der Waals surface area (Å²) in [6, 6.07) is 16.0. The number of benzene rings is 3. The topological polar surface area (TPSA) is 0 Å². The van der Waals surface area contributed by atoms with Crippen LogP contribution >= 0.6 is 0 Å². The molecule has 3 aromatic carbocycles. The Morgan fingerprint density at radius 2 is 1.46 bits per heavy atom. The summed E-state index contributed by atoms with van der Waals surface area (Å²) < 4.78 is 44.6. The summed E-state index contributed by atoms with van der Waals surface area (Å²) >= 11 is 0. The maximum atomic E-state index is 15.3. The Balaban J connectivity index is 1.21. The fourth-order valence-corrected chi connectivity index (χ4v) is 7.05. The molecular weight excluding hydrogens is 513 g/mol. The summed E-state index contributed by atoms with van der Waals surface area (Å²) in [6.07, 6.45) is 19.1. The Kier molecular flexibility index (Phi) is 9.85. The third-order valence-corrected chi connectivity index (χ3v) is 9.51. The van der Waals surface area contributed by atoms with Crippen molar-refractivity contribution in [2.75, 3.05) is 0 Å². The second kappa shape index (κ2) is 13.7. The zero-order valence-electron chi connectivity index (χ0n) is 24.6. The van der Waals surface area contributed by atoms with Crippen molar-refractivity contribution >= 4 is 5.57 Å². The largest absolute Gasteiger partial charge is 0.206 e. The average molecular weight is 557 g/mol. The summed E-state index contributed by atoms with van der Waals surface area (Å²) in [5.41, 5.74) is 4.73. The van der Waals surface area contributed by atoms with Crippen LogP contribution in [-0.2, 0) is 6.42 Å². The first-order valence-corrected chi connectivity index (χ1v) is 15.7. The van der Waals surface area contributed by atoms with Crippen molar-refractivity contribution in [1.82, 2.24) is 0 Å². The van der Waals surface area contributed by atoms with Crippen LogP contribution in [0.3, 0.4) is 0 Å². The van der Waals surface area contributed by atoms with Crippen LogP contribution in [0.25, 0.3) is 27.8 Å². The van der Waals surface area contributed by atoms with Crippen LogP contribution in [-0.4, -0.2) is 0 Å². The highest BCUT2D eigenvalue weighted by molar-refractivity contribution is 5.74. The molecule has 2 aliphatic carbocycles. The van der Waals surface area contributed by atoms with Crippen molar-refractivity contribution in [2.45, 2.75) is 84.5 Å². The zero-order valence-corrected chi connectivity index (χ0v) is 24.6. The smallest absolute Gasteiger partial charge is 0.166 e. The van der Waals surface area contributed by atoms with Crippen molar-refractivity contribution in [3.8, 4) is 22.3 Å². The fraction of sp³-hybridized carbons (Fsp3) is 0.421. The average Bonchev–Trinajstić information content (AvgIpc) is 3.00. The Hall–Kier alpha value is -3.07. The van der Waals surface area contributed by atoms with E-state index in [1.165, 1.54) is 38.5 Å². The quantitative estimate of drug-likeness (QED) is 0.230. The first-order valence-electron chi connectivity index (χ1n) is 15.7. The molecule has 0 amide bonds. The van der Waals surface area contributed by atoms with Gasteiger partial charge in [0.05, 0.1) is 0 Å². The number of aryl methyl sites for hydroxylation is 1. The van der Waals surface area contributed by atoms with E-state index in [1.54, 1.807) is 30.3 Å². The standard InChI is InChI=1S/C38H43F3/c1-3-5-6-8-26-9-11-27(12-10-26)28-13-17-30(18-14-28)34-23-22-33(25-36(34)39)29-15-19-31(20-16-29)35-24-21-32(7-4-2)37(40)38(35)41/h3,5,15-17,19-28H,4,6-14,18H2,1-2H3. The Morgan fingerprint density at radius 1 is 0.756 bits per heavy atom. The highest BCUT2D eigenvalue weighted by Gasteiger charge is 2.29. The predicted octanol–water partition coefficient (Wildman–Crippen LogP) is 11.7. The van der Waals surface area contributed by atoms with Crippen molar-refractivity contribution < 1.29 is 13.2 Å². The van der Waals surface area contributed by atoms with Gasteiger partial charge in [-0.25, -0.2) is 13.2 Å². The van der Waals surface area contributed by atoms with Gasteiger partial charge in [0, 0.05) is 11.1 Å². The third-order valence-electron chi connectivity index (χ3n) is 9.51. The Morgan fingerprint density at radius 3 is 2.12 bits per heavy atom. The Bertz CT molecular complexity index is 1370. The number of allylic oxidation sites excluding steroid dienone is 4. The molecule has 3 heteroatoms. The molecule has 0 aromatic heterocycles. The molecule has 0 saturated heterocycles. The van der Waals surface area contributed by atoms with E-state index in [2.05, 4.69) is 25.2 Å². The highest BCUT2D eigenvalue weighted by atomic mass is 19.2. The molecule has 1 unspecified atom stereocenters. The predicted molar refractivity (Wildman–Crippen MR) is 166 cm³/mol. The lowest BCUT2D eigenvalue weighted by Gasteiger charge is -2.35. The lowest BCUT2D eigenvalue weighted by molar-refractivity contribution is 0.190. The summed E-state index contributed by atoms with van der Waals surface area (Å²) in [7, 11) is 0. The molecule has 0 radical (unpaired) electrons. The van der Waals surface area contributed by atoms with Crippen LogP contribution in [0.2, 0.25) is 0 Å². The van der Waals surface area contributed by atoms with E-state index in [1.807, 2.05) is 31.2 Å². The number of hydrogen-bond donors (Lipinski definition) is 0. The molecule has 0 nitrogen and oxygen atoms in total. The lowest BCUT2D eigenvalue weighted by Crippen LogP contribution is -2.23. The minimum absolute atomic E-state index is 0.197. The van der Waals surface area contributed by atoms with Crippen LogP contribution in [0.15, 0.2) is 72.8 Å². The molecule has 1 atom stereocenters. The molecule has 1 saturated carbocycles. The van der Waals surface area contributed by atoms with Gasteiger partial charge in [-0.3, -0.25) is 0 Å². The molecule has 41 heavy (non-hydrogen) atoms. The zero-order chi connectivity index (χ0) is 28.8. The van der Waals surface area contributed by atoms with Gasteiger partial charge in [0.2, 0.25) is 0 Å². The van der Waals surface area contributed by atoms with Crippen LogP contribution < -0.4 is 0 Å². The van der Waals surface area contributed by atoms with E-state index in [9.17, 15) is 8.78 Å². The minimum atomic E-state index is -0.810. The van der Waals surface area contributed by atoms with Crippen LogP contribution in [0, 0.1) is 35.2 Å². The number of rotatable bonds is 9. The van der Waals surface area contributed by atoms with E-state index in [-0.39, 0.29) is 11.4 Å². The van der Waals surface area contributed by atoms with E-state index in [4.69, 9.17) is 0 Å². The van der Waals surface area contributed by atoms with Gasteiger partial charge in [0.25, 0.3) is 0 Å². The molecule has 0 bridgehead atoms. The van der Waals surface area contributed by atoms with Crippen molar-refractivity contribution in [1.29, 1.82) is 0 Å². The van der Waals surface area contributed by atoms with Gasteiger partial charge in [-0.05, 0) is 110 Å². The first kappa shape index (κ1) is 29.4. The second-order valence-corrected chi connectivity index (χ2v) is 12.1. The molecule has 3 aromatic rings. The van der Waals surface area contributed by atoms with Crippen LogP contribution in [0.1, 0.15) is 89.2 Å². The number of halogens is 3. The van der Waals surface area contributed by atoms with Crippen molar-refractivity contribution in [3.63, 3.8) is 0 Å². The maximum Gasteiger partial charge on any atom is 0.166 e. The monoisotopic (exact) mass is 556 g/mol. The highest BCUT2D eigenvalue weighted by Crippen LogP contribution is 2.42. The minimum Gasteiger partial charge on any atom is -0.206 e. The summed E-state index contributed by atoms with van der Waals surface area (Å²) in [6.45, 7) is 4.05. The lowest BCUT2D eigenvalue weighted by atomic mass is 9.70. The second-order valence-electron chi connectivity index (χ2n) is 12.1. The normalized spacial score (nSPS) is 21.3. The van der Waals surface area contributed by atoms with E-state index < -0.39 is 11.6 Å². The molecule has 0 N–H and O–H groups in total. The fourth-order valence-electron chi connectivity index (χ4n) is 7.05. The molecular formula is C38H43F3. The maximum absolute atomic E-state index is 15.3. The SMILES string of the molecule is CC=CCCC1CCC(C2CC=C(c3ccc(-c4ccc(-c5ccc(CCC)c(F)c5F)cc4)cc3F)CC2)CC1. The van der Waals surface area contributed by atoms with Gasteiger partial charge in [0.15, 0.2) is 11.6 Å². The van der Waals surface area contributed by atoms with Gasteiger partial charge in [-0.15, -0.1) is 0 Å². The molecule has 0 spiro atoms.